The van der Waals surface area contributed by atoms with Gasteiger partial charge in [-0.3, -0.25) is 0 Å². The zero-order chi connectivity index (χ0) is 7.84. The van der Waals surface area contributed by atoms with Crippen LogP contribution in [0.2, 0.25) is 0 Å². The van der Waals surface area contributed by atoms with Crippen molar-refractivity contribution in [2.45, 2.75) is 13.1 Å². The van der Waals surface area contributed by atoms with Gasteiger partial charge in [0, 0.05) is 24.8 Å². The van der Waals surface area contributed by atoms with E-state index in [0.29, 0.717) is 12.2 Å². The fourth-order valence-corrected chi connectivity index (χ4v) is 1.37. The number of carbonyl (C=O) groups is 1. The minimum Gasteiger partial charge on any atom is -0.477 e. The van der Waals surface area contributed by atoms with Crippen LogP contribution in [0.5, 0.6) is 0 Å². The molecule has 4 nitrogen and oxygen atoms in total. The summed E-state index contributed by atoms with van der Waals surface area (Å²) in [5.41, 5.74) is 2.30. The molecule has 0 bridgehead atoms. The molecule has 0 saturated carbocycles. The molecule has 1 aliphatic rings. The Morgan fingerprint density at radius 2 is 2.36 bits per heavy atom. The van der Waals surface area contributed by atoms with E-state index in [1.54, 1.807) is 6.20 Å². The number of aromatic nitrogens is 1. The fraction of sp³-hybridized carbons (Fsp3) is 0.286. The van der Waals surface area contributed by atoms with Crippen molar-refractivity contribution >= 4 is 5.97 Å². The number of rotatable bonds is 1. The smallest absolute Gasteiger partial charge is 0.352 e. The molecule has 0 aliphatic carbocycles. The highest BCUT2D eigenvalue weighted by molar-refractivity contribution is 5.88. The number of fused-ring (bicyclic) bond motifs is 1. The van der Waals surface area contributed by atoms with E-state index in [-0.39, 0.29) is 0 Å². The lowest BCUT2D eigenvalue weighted by Gasteiger charge is -1.92. The standard InChI is InChI=1S/C7H8N2O2/c10-7(11)6-5-3-8-1-4(5)2-9-6/h2,8-9H,1,3H2,(H,10,11). The van der Waals surface area contributed by atoms with Crippen LogP contribution in [-0.2, 0) is 13.1 Å². The predicted molar refractivity (Wildman–Crippen MR) is 38.3 cm³/mol. The molecule has 0 fully saturated rings. The Hall–Kier alpha value is -1.29. The van der Waals surface area contributed by atoms with Gasteiger partial charge in [-0.05, 0) is 5.56 Å². The van der Waals surface area contributed by atoms with Crippen molar-refractivity contribution in [3.05, 3.63) is 23.0 Å². The Morgan fingerprint density at radius 1 is 1.55 bits per heavy atom. The van der Waals surface area contributed by atoms with Crippen LogP contribution in [-0.4, -0.2) is 16.1 Å². The van der Waals surface area contributed by atoms with Gasteiger partial charge in [-0.15, -0.1) is 0 Å². The van der Waals surface area contributed by atoms with Crippen molar-refractivity contribution in [1.29, 1.82) is 0 Å². The van der Waals surface area contributed by atoms with Crippen LogP contribution in [0.1, 0.15) is 21.6 Å². The van der Waals surface area contributed by atoms with Crippen molar-refractivity contribution in [2.24, 2.45) is 0 Å². The average molecular weight is 152 g/mol. The molecule has 0 spiro atoms. The fourth-order valence-electron chi connectivity index (χ4n) is 1.37. The highest BCUT2D eigenvalue weighted by Gasteiger charge is 2.19. The molecule has 0 unspecified atom stereocenters. The molecule has 0 saturated heterocycles. The molecule has 0 atom stereocenters. The van der Waals surface area contributed by atoms with E-state index < -0.39 is 5.97 Å². The monoisotopic (exact) mass is 152 g/mol. The lowest BCUT2D eigenvalue weighted by molar-refractivity contribution is 0.0690. The maximum Gasteiger partial charge on any atom is 0.352 e. The van der Waals surface area contributed by atoms with Crippen LogP contribution >= 0.6 is 0 Å². The van der Waals surface area contributed by atoms with E-state index in [1.165, 1.54) is 0 Å². The maximum absolute atomic E-state index is 10.6. The minimum absolute atomic E-state index is 0.324. The summed E-state index contributed by atoms with van der Waals surface area (Å²) in [6.45, 7) is 1.44. The molecule has 11 heavy (non-hydrogen) atoms. The molecule has 0 aromatic carbocycles. The van der Waals surface area contributed by atoms with Gasteiger partial charge in [0.1, 0.15) is 5.69 Å². The zero-order valence-electron chi connectivity index (χ0n) is 5.85. The minimum atomic E-state index is -0.880. The van der Waals surface area contributed by atoms with Gasteiger partial charge in [0.15, 0.2) is 0 Å². The number of aromatic amines is 1. The van der Waals surface area contributed by atoms with E-state index >= 15 is 0 Å². The number of hydrogen-bond acceptors (Lipinski definition) is 2. The van der Waals surface area contributed by atoms with E-state index in [2.05, 4.69) is 10.3 Å². The Labute approximate surface area is 63.2 Å². The van der Waals surface area contributed by atoms with Gasteiger partial charge < -0.3 is 15.4 Å². The van der Waals surface area contributed by atoms with E-state index in [4.69, 9.17) is 5.11 Å². The Kier molecular flexibility index (Phi) is 1.22. The number of H-pyrrole nitrogens is 1. The van der Waals surface area contributed by atoms with Crippen molar-refractivity contribution in [3.8, 4) is 0 Å². The van der Waals surface area contributed by atoms with E-state index in [9.17, 15) is 4.79 Å². The van der Waals surface area contributed by atoms with Gasteiger partial charge in [0.25, 0.3) is 0 Å². The largest absolute Gasteiger partial charge is 0.477 e. The first-order valence-corrected chi connectivity index (χ1v) is 3.42. The molecular formula is C7H8N2O2. The summed E-state index contributed by atoms with van der Waals surface area (Å²) in [4.78, 5) is 13.3. The number of carboxylic acids is 1. The van der Waals surface area contributed by atoms with Crippen LogP contribution < -0.4 is 5.32 Å². The number of nitrogens with one attached hydrogen (secondary N) is 2. The summed E-state index contributed by atoms with van der Waals surface area (Å²) in [5.74, 6) is -0.880. The summed E-state index contributed by atoms with van der Waals surface area (Å²) >= 11 is 0. The van der Waals surface area contributed by atoms with Gasteiger partial charge in [0.05, 0.1) is 0 Å². The molecular weight excluding hydrogens is 144 g/mol. The number of carboxylic acid groups (broad SMARTS) is 1. The van der Waals surface area contributed by atoms with Gasteiger partial charge in [0.2, 0.25) is 0 Å². The van der Waals surface area contributed by atoms with Crippen LogP contribution in [0.25, 0.3) is 0 Å². The summed E-state index contributed by atoms with van der Waals surface area (Å²) < 4.78 is 0. The molecule has 4 heteroatoms. The highest BCUT2D eigenvalue weighted by Crippen LogP contribution is 2.18. The molecule has 0 amide bonds. The normalized spacial score (nSPS) is 14.9. The summed E-state index contributed by atoms with van der Waals surface area (Å²) in [6, 6.07) is 0. The number of hydrogen-bond donors (Lipinski definition) is 3. The van der Waals surface area contributed by atoms with E-state index in [1.807, 2.05) is 0 Å². The first-order valence-electron chi connectivity index (χ1n) is 3.42. The quantitative estimate of drug-likeness (QED) is 0.542. The lowest BCUT2D eigenvalue weighted by atomic mass is 10.2. The van der Waals surface area contributed by atoms with Crippen molar-refractivity contribution in [1.82, 2.24) is 10.3 Å². The van der Waals surface area contributed by atoms with Gasteiger partial charge in [-0.2, -0.15) is 0 Å². The van der Waals surface area contributed by atoms with Crippen molar-refractivity contribution in [2.75, 3.05) is 0 Å². The molecule has 0 radical (unpaired) electrons. The average Bonchev–Trinajstić information content (AvgIpc) is 2.41. The van der Waals surface area contributed by atoms with Crippen LogP contribution in [0.4, 0.5) is 0 Å². The lowest BCUT2D eigenvalue weighted by Crippen LogP contribution is -2.05. The Morgan fingerprint density at radius 3 is 3.09 bits per heavy atom. The molecule has 1 aromatic heterocycles. The molecule has 2 heterocycles. The van der Waals surface area contributed by atoms with Crippen molar-refractivity contribution < 1.29 is 9.90 Å². The van der Waals surface area contributed by atoms with Gasteiger partial charge >= 0.3 is 5.97 Å². The summed E-state index contributed by atoms with van der Waals surface area (Å²) in [6.07, 6.45) is 1.75. The second kappa shape index (κ2) is 2.10. The SMILES string of the molecule is O=C(O)c1[nH]cc2c1CNC2. The van der Waals surface area contributed by atoms with Crippen LogP contribution in [0, 0.1) is 0 Å². The molecule has 2 rings (SSSR count). The number of aromatic carboxylic acids is 1. The predicted octanol–water partition coefficient (Wildman–Crippen LogP) is 0.316. The molecule has 58 valence electrons. The molecule has 1 aliphatic heterocycles. The van der Waals surface area contributed by atoms with E-state index in [0.717, 1.165) is 17.7 Å². The second-order valence-electron chi connectivity index (χ2n) is 2.58. The van der Waals surface area contributed by atoms with Gasteiger partial charge in [-0.25, -0.2) is 4.79 Å². The highest BCUT2D eigenvalue weighted by atomic mass is 16.4. The topological polar surface area (TPSA) is 65.1 Å². The zero-order valence-corrected chi connectivity index (χ0v) is 5.85. The second-order valence-corrected chi connectivity index (χ2v) is 2.58. The first-order chi connectivity index (χ1) is 5.29. The summed E-state index contributed by atoms with van der Waals surface area (Å²) in [5, 5.41) is 11.8. The molecule has 3 N–H and O–H groups in total. The maximum atomic E-state index is 10.6. The Bertz CT molecular complexity index is 303. The third-order valence-corrected chi connectivity index (χ3v) is 1.91. The first kappa shape index (κ1) is 6.42. The van der Waals surface area contributed by atoms with Gasteiger partial charge in [-0.1, -0.05) is 0 Å². The third kappa shape index (κ3) is 0.832. The van der Waals surface area contributed by atoms with Crippen LogP contribution in [0.3, 0.4) is 0 Å². The summed E-state index contributed by atoms with van der Waals surface area (Å²) in [7, 11) is 0. The van der Waals surface area contributed by atoms with Crippen LogP contribution in [0.15, 0.2) is 6.20 Å². The van der Waals surface area contributed by atoms with Crippen molar-refractivity contribution in [3.63, 3.8) is 0 Å². The Balaban J connectivity index is 2.50. The molecule has 1 aromatic rings. The third-order valence-electron chi connectivity index (χ3n) is 1.91.